The smallest absolute Gasteiger partial charge is 0.222 e. The van der Waals surface area contributed by atoms with Gasteiger partial charge in [-0.15, -0.1) is 0 Å². The Labute approximate surface area is 161 Å². The van der Waals surface area contributed by atoms with Crippen LogP contribution in [0, 0.1) is 0 Å². The van der Waals surface area contributed by atoms with Gasteiger partial charge in [-0.25, -0.2) is 0 Å². The Balaban J connectivity index is 1.59. The Morgan fingerprint density at radius 1 is 1.19 bits per heavy atom. The molecule has 0 spiro atoms. The zero-order chi connectivity index (χ0) is 18.8. The molecule has 0 unspecified atom stereocenters. The molecule has 1 heterocycles. The van der Waals surface area contributed by atoms with Gasteiger partial charge in [0.05, 0.1) is 11.6 Å². The standard InChI is InChI=1S/C20H29ClN2O3/c1-2-3-10-20(25)23-13-11-16(12-14-23)22-19(24)9-6-15-26-18-8-5-4-7-17(18)21/h4-5,7-8,16H,2-3,6,9-15H2,1H3,(H,22,24). The maximum atomic E-state index is 12.1. The molecule has 26 heavy (non-hydrogen) atoms. The number of nitrogens with zero attached hydrogens (tertiary/aromatic N) is 1. The summed E-state index contributed by atoms with van der Waals surface area (Å²) in [7, 11) is 0. The Morgan fingerprint density at radius 2 is 1.92 bits per heavy atom. The second kappa shape index (κ2) is 11.1. The molecule has 0 radical (unpaired) electrons. The molecular formula is C20H29ClN2O3. The molecule has 0 aliphatic carbocycles. The number of unbranched alkanes of at least 4 members (excludes halogenated alkanes) is 1. The molecule has 1 aliphatic rings. The Morgan fingerprint density at radius 3 is 2.62 bits per heavy atom. The van der Waals surface area contributed by atoms with E-state index in [0.717, 1.165) is 38.8 Å². The maximum absolute atomic E-state index is 12.1. The third-order valence-corrected chi connectivity index (χ3v) is 4.91. The van der Waals surface area contributed by atoms with Crippen LogP contribution in [0.3, 0.4) is 0 Å². The van der Waals surface area contributed by atoms with E-state index in [-0.39, 0.29) is 17.9 Å². The first-order valence-electron chi connectivity index (χ1n) is 9.54. The summed E-state index contributed by atoms with van der Waals surface area (Å²) in [4.78, 5) is 26.0. The van der Waals surface area contributed by atoms with E-state index in [1.165, 1.54) is 0 Å². The van der Waals surface area contributed by atoms with Crippen LogP contribution >= 0.6 is 11.6 Å². The van der Waals surface area contributed by atoms with Crippen molar-refractivity contribution in [1.82, 2.24) is 10.2 Å². The highest BCUT2D eigenvalue weighted by molar-refractivity contribution is 6.32. The zero-order valence-corrected chi connectivity index (χ0v) is 16.3. The number of likely N-dealkylation sites (tertiary alicyclic amines) is 1. The molecule has 1 saturated heterocycles. The molecule has 1 aromatic carbocycles. The molecule has 5 nitrogen and oxygen atoms in total. The number of halogens is 1. The van der Waals surface area contributed by atoms with E-state index in [4.69, 9.17) is 16.3 Å². The quantitative estimate of drug-likeness (QED) is 0.663. The minimum Gasteiger partial charge on any atom is -0.492 e. The third kappa shape index (κ3) is 6.87. The van der Waals surface area contributed by atoms with E-state index in [2.05, 4.69) is 12.2 Å². The molecule has 1 fully saturated rings. The largest absolute Gasteiger partial charge is 0.492 e. The highest BCUT2D eigenvalue weighted by atomic mass is 35.5. The second-order valence-electron chi connectivity index (χ2n) is 6.71. The van der Waals surface area contributed by atoms with Gasteiger partial charge in [0.25, 0.3) is 0 Å². The van der Waals surface area contributed by atoms with Gasteiger partial charge in [0.15, 0.2) is 0 Å². The lowest BCUT2D eigenvalue weighted by Crippen LogP contribution is -2.46. The van der Waals surface area contributed by atoms with Gasteiger partial charge in [0.1, 0.15) is 5.75 Å². The van der Waals surface area contributed by atoms with Crippen molar-refractivity contribution in [1.29, 1.82) is 0 Å². The average molecular weight is 381 g/mol. The van der Waals surface area contributed by atoms with Crippen LogP contribution in [-0.2, 0) is 9.59 Å². The van der Waals surface area contributed by atoms with Crippen LogP contribution in [0.5, 0.6) is 5.75 Å². The van der Waals surface area contributed by atoms with Crippen molar-refractivity contribution in [3.63, 3.8) is 0 Å². The fourth-order valence-electron chi connectivity index (χ4n) is 3.04. The SMILES string of the molecule is CCCCC(=O)N1CCC(NC(=O)CCCOc2ccccc2Cl)CC1. The van der Waals surface area contributed by atoms with Crippen LogP contribution in [0.4, 0.5) is 0 Å². The van der Waals surface area contributed by atoms with Crippen molar-refractivity contribution in [2.75, 3.05) is 19.7 Å². The van der Waals surface area contributed by atoms with E-state index in [1.807, 2.05) is 23.1 Å². The summed E-state index contributed by atoms with van der Waals surface area (Å²) in [6, 6.07) is 7.49. The first-order valence-corrected chi connectivity index (χ1v) is 9.92. The van der Waals surface area contributed by atoms with Crippen LogP contribution in [0.15, 0.2) is 24.3 Å². The van der Waals surface area contributed by atoms with Gasteiger partial charge in [-0.1, -0.05) is 37.1 Å². The molecule has 6 heteroatoms. The molecular weight excluding hydrogens is 352 g/mol. The van der Waals surface area contributed by atoms with E-state index >= 15 is 0 Å². The molecule has 0 aromatic heterocycles. The normalized spacial score (nSPS) is 14.9. The van der Waals surface area contributed by atoms with E-state index in [9.17, 15) is 9.59 Å². The summed E-state index contributed by atoms with van der Waals surface area (Å²) in [6.07, 6.45) is 5.37. The number of hydrogen-bond acceptors (Lipinski definition) is 3. The lowest BCUT2D eigenvalue weighted by Gasteiger charge is -2.32. The molecule has 0 atom stereocenters. The summed E-state index contributed by atoms with van der Waals surface area (Å²) in [5, 5.41) is 3.65. The van der Waals surface area contributed by atoms with Crippen molar-refractivity contribution in [2.24, 2.45) is 0 Å². The van der Waals surface area contributed by atoms with Gasteiger partial charge in [-0.05, 0) is 37.8 Å². The Bertz CT molecular complexity index is 586. The molecule has 0 bridgehead atoms. The number of nitrogens with one attached hydrogen (secondary N) is 1. The number of amides is 2. The van der Waals surface area contributed by atoms with Gasteiger partial charge >= 0.3 is 0 Å². The lowest BCUT2D eigenvalue weighted by molar-refractivity contribution is -0.132. The minimum atomic E-state index is 0.0449. The average Bonchev–Trinajstić information content (AvgIpc) is 2.65. The predicted molar refractivity (Wildman–Crippen MR) is 103 cm³/mol. The monoisotopic (exact) mass is 380 g/mol. The minimum absolute atomic E-state index is 0.0449. The molecule has 1 aliphatic heterocycles. The van der Waals surface area contributed by atoms with Gasteiger partial charge < -0.3 is 15.0 Å². The van der Waals surface area contributed by atoms with Gasteiger partial charge in [-0.2, -0.15) is 0 Å². The molecule has 1 aromatic rings. The number of benzene rings is 1. The number of carbonyl (C=O) groups is 2. The first kappa shape index (κ1) is 20.6. The summed E-state index contributed by atoms with van der Waals surface area (Å²) in [5.74, 6) is 0.937. The van der Waals surface area contributed by atoms with Crippen molar-refractivity contribution >= 4 is 23.4 Å². The highest BCUT2D eigenvalue weighted by Gasteiger charge is 2.23. The number of para-hydroxylation sites is 1. The Hall–Kier alpha value is -1.75. The zero-order valence-electron chi connectivity index (χ0n) is 15.5. The van der Waals surface area contributed by atoms with Crippen LogP contribution < -0.4 is 10.1 Å². The molecule has 2 rings (SSSR count). The van der Waals surface area contributed by atoms with Gasteiger partial charge in [0.2, 0.25) is 11.8 Å². The van der Waals surface area contributed by atoms with Crippen LogP contribution in [0.1, 0.15) is 51.9 Å². The van der Waals surface area contributed by atoms with Crippen molar-refractivity contribution in [3.8, 4) is 5.75 Å². The van der Waals surface area contributed by atoms with E-state index < -0.39 is 0 Å². The first-order chi connectivity index (χ1) is 12.6. The van der Waals surface area contributed by atoms with Gasteiger partial charge in [-0.3, -0.25) is 9.59 Å². The van der Waals surface area contributed by atoms with Crippen LogP contribution in [0.2, 0.25) is 5.02 Å². The summed E-state index contributed by atoms with van der Waals surface area (Å²) in [5.41, 5.74) is 0. The summed E-state index contributed by atoms with van der Waals surface area (Å²) < 4.78 is 5.59. The van der Waals surface area contributed by atoms with Crippen molar-refractivity contribution < 1.29 is 14.3 Å². The van der Waals surface area contributed by atoms with Crippen molar-refractivity contribution in [2.45, 2.75) is 57.9 Å². The number of piperidine rings is 1. The molecule has 0 saturated carbocycles. The summed E-state index contributed by atoms with van der Waals surface area (Å²) in [6.45, 7) is 4.03. The highest BCUT2D eigenvalue weighted by Crippen LogP contribution is 2.23. The Kier molecular flexibility index (Phi) is 8.75. The predicted octanol–water partition coefficient (Wildman–Crippen LogP) is 3.80. The van der Waals surface area contributed by atoms with Crippen LogP contribution in [0.25, 0.3) is 0 Å². The number of rotatable bonds is 9. The van der Waals surface area contributed by atoms with Gasteiger partial charge in [0, 0.05) is 32.0 Å². The maximum Gasteiger partial charge on any atom is 0.222 e. The van der Waals surface area contributed by atoms with Crippen LogP contribution in [-0.4, -0.2) is 42.5 Å². The summed E-state index contributed by atoms with van der Waals surface area (Å²) >= 11 is 6.02. The number of hydrogen-bond donors (Lipinski definition) is 1. The third-order valence-electron chi connectivity index (χ3n) is 4.60. The van der Waals surface area contributed by atoms with E-state index in [0.29, 0.717) is 36.6 Å². The molecule has 1 N–H and O–H groups in total. The molecule has 2 amide bonds. The van der Waals surface area contributed by atoms with Crippen molar-refractivity contribution in [3.05, 3.63) is 29.3 Å². The lowest BCUT2D eigenvalue weighted by atomic mass is 10.0. The fraction of sp³-hybridized carbons (Fsp3) is 0.600. The number of ether oxygens (including phenoxy) is 1. The topological polar surface area (TPSA) is 58.6 Å². The second-order valence-corrected chi connectivity index (χ2v) is 7.12. The number of carbonyl (C=O) groups excluding carboxylic acids is 2. The fourth-order valence-corrected chi connectivity index (χ4v) is 3.23. The molecule has 144 valence electrons. The van der Waals surface area contributed by atoms with E-state index in [1.54, 1.807) is 6.07 Å².